The highest BCUT2D eigenvalue weighted by Gasteiger charge is 2.33. The molecule has 10 nitrogen and oxygen atoms in total. The molecule has 15 heteroatoms. The molecular weight excluding hydrogens is 575 g/mol. The maximum atomic E-state index is 14.7. The van der Waals surface area contributed by atoms with Gasteiger partial charge in [-0.15, -0.1) is 0 Å². The molecule has 6 rings (SSSR count). The Morgan fingerprint density at radius 1 is 1.16 bits per heavy atom. The quantitative estimate of drug-likeness (QED) is 0.275. The number of carbonyl (C=O) groups excluding carboxylic acids is 1. The Morgan fingerprint density at radius 3 is 2.74 bits per heavy atom. The van der Waals surface area contributed by atoms with Crippen molar-refractivity contribution in [1.82, 2.24) is 34.7 Å². The smallest absolute Gasteiger partial charge is 0.379 e. The highest BCUT2D eigenvalue weighted by atomic mass is 19.4. The fourth-order valence-corrected chi connectivity index (χ4v) is 5.88. The van der Waals surface area contributed by atoms with E-state index in [1.807, 2.05) is 11.9 Å². The summed E-state index contributed by atoms with van der Waals surface area (Å²) in [6, 6.07) is 5.50. The van der Waals surface area contributed by atoms with Crippen LogP contribution < -0.4 is 10.6 Å². The topological polar surface area (TPSA) is 106 Å². The number of nitrogens with one attached hydrogen (secondary N) is 2. The van der Waals surface area contributed by atoms with Gasteiger partial charge in [-0.2, -0.15) is 23.3 Å². The van der Waals surface area contributed by atoms with E-state index in [0.717, 1.165) is 11.0 Å². The number of alkyl halides is 5. The van der Waals surface area contributed by atoms with Gasteiger partial charge < -0.3 is 24.6 Å². The molecule has 1 aliphatic heterocycles. The van der Waals surface area contributed by atoms with Gasteiger partial charge in [0.25, 0.3) is 5.91 Å². The predicted octanol–water partition coefficient (Wildman–Crippen LogP) is 4.90. The molecule has 0 unspecified atom stereocenters. The van der Waals surface area contributed by atoms with Crippen LogP contribution in [0, 0.1) is 0 Å². The molecular formula is C28H31F5N8O2. The number of anilines is 1. The van der Waals surface area contributed by atoms with Crippen molar-refractivity contribution >= 4 is 22.5 Å². The second-order valence-corrected chi connectivity index (χ2v) is 11.2. The summed E-state index contributed by atoms with van der Waals surface area (Å²) >= 11 is 0. The van der Waals surface area contributed by atoms with Gasteiger partial charge in [0, 0.05) is 30.4 Å². The number of nitrogens with zero attached hydrogens (tertiary/aromatic N) is 6. The van der Waals surface area contributed by atoms with Crippen LogP contribution in [0.1, 0.15) is 48.0 Å². The minimum absolute atomic E-state index is 0.0240. The summed E-state index contributed by atoms with van der Waals surface area (Å²) in [5.74, 6) is -0.619. The van der Waals surface area contributed by atoms with Gasteiger partial charge in [0.1, 0.15) is 18.9 Å². The van der Waals surface area contributed by atoms with Crippen molar-refractivity contribution in [3.63, 3.8) is 0 Å². The fraction of sp³-hybridized carbons (Fsp3) is 0.500. The van der Waals surface area contributed by atoms with E-state index in [9.17, 15) is 26.7 Å². The zero-order valence-electron chi connectivity index (χ0n) is 23.3. The lowest BCUT2D eigenvalue weighted by Gasteiger charge is -2.33. The molecule has 4 heterocycles. The van der Waals surface area contributed by atoms with Gasteiger partial charge in [-0.1, -0.05) is 11.2 Å². The maximum absolute atomic E-state index is 14.7. The zero-order valence-corrected chi connectivity index (χ0v) is 23.3. The molecule has 1 amide bonds. The number of hydrogen-bond acceptors (Lipinski definition) is 7. The van der Waals surface area contributed by atoms with Gasteiger partial charge in [-0.05, 0) is 50.9 Å². The number of halogens is 5. The van der Waals surface area contributed by atoms with Crippen LogP contribution in [-0.4, -0.2) is 80.0 Å². The number of hydrogen-bond donors (Lipinski definition) is 2. The van der Waals surface area contributed by atoms with Crippen LogP contribution in [0.4, 0.5) is 27.6 Å². The standard InChI is InChI=1S/C28H31F5N8O2/c1-39-9-8-21(19(30)14-39)36-20-5-3-6-22-17(20)10-24(40(22)15-28(31,32)33)26-37-25(43-38-26)12-34-27(42)16-11-35-41(13-16)23-7-2-4-18(23)29/h3,5-6,10-11,13,18-19,21,23,36H,2,4,7-9,12,14-15H2,1H3,(H,34,42)/t18-,19+,21-,23-/m1/s1. The van der Waals surface area contributed by atoms with Crippen LogP contribution in [0.3, 0.4) is 0 Å². The van der Waals surface area contributed by atoms with E-state index in [2.05, 4.69) is 25.9 Å². The molecule has 2 fully saturated rings. The second kappa shape index (κ2) is 11.6. The number of amides is 1. The first-order valence-electron chi connectivity index (χ1n) is 14.1. The van der Waals surface area contributed by atoms with Crippen LogP contribution in [0.15, 0.2) is 41.2 Å². The summed E-state index contributed by atoms with van der Waals surface area (Å²) in [5, 5.41) is 14.3. The number of fused-ring (bicyclic) bond motifs is 1. The third-order valence-corrected chi connectivity index (χ3v) is 8.07. The third-order valence-electron chi connectivity index (χ3n) is 8.07. The van der Waals surface area contributed by atoms with Crippen molar-refractivity contribution in [3.8, 4) is 11.5 Å². The van der Waals surface area contributed by atoms with Gasteiger partial charge in [0.05, 0.1) is 41.6 Å². The van der Waals surface area contributed by atoms with Gasteiger partial charge in [0.2, 0.25) is 11.7 Å². The van der Waals surface area contributed by atoms with Gasteiger partial charge >= 0.3 is 6.18 Å². The monoisotopic (exact) mass is 606 g/mol. The molecule has 4 atom stereocenters. The summed E-state index contributed by atoms with van der Waals surface area (Å²) in [5.41, 5.74) is 1.06. The number of benzene rings is 1. The van der Waals surface area contributed by atoms with E-state index >= 15 is 0 Å². The lowest BCUT2D eigenvalue weighted by atomic mass is 10.0. The summed E-state index contributed by atoms with van der Waals surface area (Å²) in [6.45, 7) is -0.540. The highest BCUT2D eigenvalue weighted by Crippen LogP contribution is 2.35. The average Bonchev–Trinajstić information content (AvgIpc) is 3.75. The Labute approximate surface area is 243 Å². The Hall–Kier alpha value is -4.01. The lowest BCUT2D eigenvalue weighted by Crippen LogP contribution is -2.46. The lowest BCUT2D eigenvalue weighted by molar-refractivity contribution is -0.139. The number of aromatic nitrogens is 5. The molecule has 2 aliphatic rings. The maximum Gasteiger partial charge on any atom is 0.406 e. The third kappa shape index (κ3) is 6.21. The van der Waals surface area contributed by atoms with Crippen molar-refractivity contribution in [2.24, 2.45) is 0 Å². The first-order chi connectivity index (χ1) is 20.6. The van der Waals surface area contributed by atoms with E-state index in [-0.39, 0.29) is 41.6 Å². The summed E-state index contributed by atoms with van der Waals surface area (Å²) in [7, 11) is 1.84. The van der Waals surface area contributed by atoms with E-state index in [1.165, 1.54) is 23.1 Å². The van der Waals surface area contributed by atoms with E-state index in [1.54, 1.807) is 18.2 Å². The largest absolute Gasteiger partial charge is 0.406 e. The molecule has 0 bridgehead atoms. The minimum atomic E-state index is -4.55. The molecule has 230 valence electrons. The SMILES string of the molecule is CN1CC[C@@H](Nc2cccc3c2cc(-c2noc(CNC(=O)c4cnn([C@@H]5CCC[C@H]5F)c4)n2)n3CC(F)(F)F)[C@@H](F)C1. The van der Waals surface area contributed by atoms with Crippen molar-refractivity contribution in [1.29, 1.82) is 0 Å². The van der Waals surface area contributed by atoms with Gasteiger partial charge in [0.15, 0.2) is 0 Å². The van der Waals surface area contributed by atoms with Gasteiger partial charge in [-0.25, -0.2) is 8.78 Å². The molecule has 1 saturated carbocycles. The number of carbonyl (C=O) groups is 1. The molecule has 3 aromatic heterocycles. The average molecular weight is 607 g/mol. The Kier molecular flexibility index (Phi) is 7.83. The van der Waals surface area contributed by atoms with Crippen LogP contribution in [0.25, 0.3) is 22.4 Å². The zero-order chi connectivity index (χ0) is 30.3. The van der Waals surface area contributed by atoms with E-state index < -0.39 is 43.1 Å². The van der Waals surface area contributed by atoms with Crippen molar-refractivity contribution < 1.29 is 31.3 Å². The van der Waals surface area contributed by atoms with E-state index in [4.69, 9.17) is 4.52 Å². The summed E-state index contributed by atoms with van der Waals surface area (Å²) in [6.07, 6.45) is -1.47. The molecule has 2 N–H and O–H groups in total. The predicted molar refractivity (Wildman–Crippen MR) is 147 cm³/mol. The first kappa shape index (κ1) is 29.1. The number of piperidine rings is 1. The Morgan fingerprint density at radius 2 is 2.00 bits per heavy atom. The second-order valence-electron chi connectivity index (χ2n) is 11.2. The summed E-state index contributed by atoms with van der Waals surface area (Å²) in [4.78, 5) is 18.8. The molecule has 4 aromatic rings. The molecule has 1 saturated heterocycles. The Balaban J connectivity index is 1.22. The molecule has 43 heavy (non-hydrogen) atoms. The van der Waals surface area contributed by atoms with Crippen LogP contribution in [0.5, 0.6) is 0 Å². The summed E-state index contributed by atoms with van der Waals surface area (Å²) < 4.78 is 77.6. The molecule has 0 spiro atoms. The van der Waals surface area contributed by atoms with E-state index in [0.29, 0.717) is 36.9 Å². The van der Waals surface area contributed by atoms with Gasteiger partial charge in [-0.3, -0.25) is 9.48 Å². The van der Waals surface area contributed by atoms with Crippen LogP contribution in [-0.2, 0) is 13.1 Å². The minimum Gasteiger partial charge on any atom is -0.379 e. The molecule has 1 aromatic carbocycles. The van der Waals surface area contributed by atoms with Crippen molar-refractivity contribution in [2.45, 2.75) is 69.4 Å². The number of rotatable bonds is 8. The number of likely N-dealkylation sites (tertiary alicyclic amines) is 1. The molecule has 1 aliphatic carbocycles. The van der Waals surface area contributed by atoms with Crippen molar-refractivity contribution in [2.75, 3.05) is 25.5 Å². The molecule has 0 radical (unpaired) electrons. The van der Waals surface area contributed by atoms with Crippen LogP contribution in [0.2, 0.25) is 0 Å². The normalized spacial score (nSPS) is 23.2. The van der Waals surface area contributed by atoms with Crippen LogP contribution >= 0.6 is 0 Å². The fourth-order valence-electron chi connectivity index (χ4n) is 5.88. The van der Waals surface area contributed by atoms with Crippen molar-refractivity contribution in [3.05, 3.63) is 48.1 Å². The Bertz CT molecular complexity index is 1600. The highest BCUT2D eigenvalue weighted by molar-refractivity contribution is 5.96. The first-order valence-corrected chi connectivity index (χ1v) is 14.1.